The van der Waals surface area contributed by atoms with E-state index in [1.54, 1.807) is 13.2 Å². The van der Waals surface area contributed by atoms with E-state index in [4.69, 9.17) is 16.3 Å². The minimum absolute atomic E-state index is 0.222. The molecule has 104 valence electrons. The van der Waals surface area contributed by atoms with Crippen LogP contribution in [0.25, 0.3) is 0 Å². The number of rotatable bonds is 4. The molecule has 1 saturated carbocycles. The molecule has 2 rings (SSSR count). The van der Waals surface area contributed by atoms with Crippen molar-refractivity contribution in [2.75, 3.05) is 7.11 Å². The van der Waals surface area contributed by atoms with Crippen LogP contribution in [-0.2, 0) is 11.2 Å². The third-order valence-electron chi connectivity index (χ3n) is 4.08. The summed E-state index contributed by atoms with van der Waals surface area (Å²) < 4.78 is 5.29. The summed E-state index contributed by atoms with van der Waals surface area (Å²) >= 11 is 6.00. The van der Waals surface area contributed by atoms with Gasteiger partial charge in [-0.05, 0) is 37.0 Å². The average Bonchev–Trinajstić information content (AvgIpc) is 2.39. The second-order valence-electron chi connectivity index (χ2n) is 5.56. The number of Topliss-reactive ketones (excluding diaryl/α,β-unsaturated/α-hetero) is 1. The number of halogens is 1. The highest BCUT2D eigenvalue weighted by Crippen LogP contribution is 2.31. The lowest BCUT2D eigenvalue weighted by atomic mass is 9.79. The highest BCUT2D eigenvalue weighted by atomic mass is 35.5. The van der Waals surface area contributed by atoms with Gasteiger partial charge < -0.3 is 4.74 Å². The molecule has 0 aromatic heterocycles. The zero-order valence-electron chi connectivity index (χ0n) is 11.6. The molecule has 0 saturated heterocycles. The molecule has 0 amide bonds. The van der Waals surface area contributed by atoms with Crippen LogP contribution in [0.15, 0.2) is 18.2 Å². The number of methoxy groups -OCH3 is 1. The van der Waals surface area contributed by atoms with Gasteiger partial charge in [-0.1, -0.05) is 31.4 Å². The summed E-state index contributed by atoms with van der Waals surface area (Å²) in [6.07, 6.45) is 4.83. The molecule has 0 unspecified atom stereocenters. The maximum absolute atomic E-state index is 12.4. The predicted octanol–water partition coefficient (Wildman–Crippen LogP) is 4.29. The van der Waals surface area contributed by atoms with Gasteiger partial charge in [0.05, 0.1) is 7.11 Å². The van der Waals surface area contributed by atoms with Gasteiger partial charge >= 0.3 is 0 Å². The summed E-state index contributed by atoms with van der Waals surface area (Å²) in [7, 11) is 1.62. The molecule has 0 bridgehead atoms. The fourth-order valence-electron chi connectivity index (χ4n) is 2.80. The number of hydrogen-bond acceptors (Lipinski definition) is 2. The molecule has 0 spiro atoms. The fraction of sp³-hybridized carbons (Fsp3) is 0.562. The van der Waals surface area contributed by atoms with Gasteiger partial charge in [-0.2, -0.15) is 0 Å². The molecule has 0 aliphatic heterocycles. The van der Waals surface area contributed by atoms with Crippen molar-refractivity contribution >= 4 is 17.4 Å². The Balaban J connectivity index is 2.04. The Morgan fingerprint density at radius 3 is 2.63 bits per heavy atom. The number of hydrogen-bond donors (Lipinski definition) is 0. The smallest absolute Gasteiger partial charge is 0.140 e. The zero-order chi connectivity index (χ0) is 13.8. The summed E-state index contributed by atoms with van der Waals surface area (Å²) in [5, 5.41) is 0.654. The predicted molar refractivity (Wildman–Crippen MR) is 77.8 cm³/mol. The minimum atomic E-state index is 0.222. The molecular formula is C16H21ClO2. The van der Waals surface area contributed by atoms with E-state index >= 15 is 0 Å². The molecular weight excluding hydrogens is 260 g/mol. The lowest BCUT2D eigenvalue weighted by molar-refractivity contribution is -0.123. The second-order valence-corrected chi connectivity index (χ2v) is 5.99. The molecule has 2 nitrogen and oxygen atoms in total. The highest BCUT2D eigenvalue weighted by molar-refractivity contribution is 6.30. The molecule has 3 heteroatoms. The molecule has 0 atom stereocenters. The minimum Gasteiger partial charge on any atom is -0.496 e. The van der Waals surface area contributed by atoms with E-state index in [1.165, 1.54) is 12.8 Å². The Hall–Kier alpha value is -1.02. The van der Waals surface area contributed by atoms with Crippen molar-refractivity contribution in [3.05, 3.63) is 28.8 Å². The number of benzene rings is 1. The van der Waals surface area contributed by atoms with Gasteiger partial charge in [0, 0.05) is 22.9 Å². The first-order chi connectivity index (χ1) is 9.10. The Kier molecular flexibility index (Phi) is 4.87. The topological polar surface area (TPSA) is 26.3 Å². The normalized spacial score (nSPS) is 23.1. The van der Waals surface area contributed by atoms with Gasteiger partial charge in [0.25, 0.3) is 0 Å². The van der Waals surface area contributed by atoms with Gasteiger partial charge in [0.15, 0.2) is 0 Å². The standard InChI is InChI=1S/C16H21ClO2/c1-11-3-5-12(6-4-11)15(18)10-13-9-14(17)7-8-16(13)19-2/h7-9,11-12H,3-6,10H2,1-2H3. The Labute approximate surface area is 120 Å². The van der Waals surface area contributed by atoms with E-state index in [0.29, 0.717) is 17.2 Å². The number of carbonyl (C=O) groups excluding carboxylic acids is 1. The van der Waals surface area contributed by atoms with Gasteiger partial charge in [0.2, 0.25) is 0 Å². The van der Waals surface area contributed by atoms with Gasteiger partial charge in [-0.25, -0.2) is 0 Å². The SMILES string of the molecule is COc1ccc(Cl)cc1CC(=O)C1CCC(C)CC1. The molecule has 0 heterocycles. The van der Waals surface area contributed by atoms with Crippen LogP contribution in [0, 0.1) is 11.8 Å². The molecule has 1 aliphatic carbocycles. The van der Waals surface area contributed by atoms with Gasteiger partial charge in [-0.3, -0.25) is 4.79 Å². The van der Waals surface area contributed by atoms with Crippen molar-refractivity contribution in [2.24, 2.45) is 11.8 Å². The van der Waals surface area contributed by atoms with E-state index in [1.807, 2.05) is 12.1 Å². The first-order valence-corrected chi connectivity index (χ1v) is 7.33. The molecule has 1 aliphatic rings. The molecule has 0 N–H and O–H groups in total. The van der Waals surface area contributed by atoms with Crippen LogP contribution in [0.2, 0.25) is 5.02 Å². The monoisotopic (exact) mass is 280 g/mol. The number of carbonyl (C=O) groups is 1. The first kappa shape index (κ1) is 14.4. The van der Waals surface area contributed by atoms with Gasteiger partial charge in [0.1, 0.15) is 11.5 Å². The third-order valence-corrected chi connectivity index (χ3v) is 4.31. The van der Waals surface area contributed by atoms with Crippen LogP contribution in [0.5, 0.6) is 5.75 Å². The van der Waals surface area contributed by atoms with E-state index < -0.39 is 0 Å². The number of ether oxygens (including phenoxy) is 1. The van der Waals surface area contributed by atoms with Crippen LogP contribution in [0.1, 0.15) is 38.2 Å². The lowest BCUT2D eigenvalue weighted by Gasteiger charge is -2.25. The lowest BCUT2D eigenvalue weighted by Crippen LogP contribution is -2.22. The Morgan fingerprint density at radius 1 is 1.32 bits per heavy atom. The van der Waals surface area contributed by atoms with Crippen LogP contribution in [-0.4, -0.2) is 12.9 Å². The van der Waals surface area contributed by atoms with E-state index in [-0.39, 0.29) is 5.92 Å². The molecule has 1 aromatic rings. The molecule has 0 radical (unpaired) electrons. The average molecular weight is 281 g/mol. The van der Waals surface area contributed by atoms with Crippen molar-refractivity contribution < 1.29 is 9.53 Å². The molecule has 1 aromatic carbocycles. The maximum Gasteiger partial charge on any atom is 0.140 e. The van der Waals surface area contributed by atoms with Crippen LogP contribution in [0.3, 0.4) is 0 Å². The largest absolute Gasteiger partial charge is 0.496 e. The van der Waals surface area contributed by atoms with Crippen molar-refractivity contribution in [1.29, 1.82) is 0 Å². The quantitative estimate of drug-likeness (QED) is 0.822. The van der Waals surface area contributed by atoms with Crippen LogP contribution < -0.4 is 4.74 Å². The van der Waals surface area contributed by atoms with Crippen molar-refractivity contribution in [3.63, 3.8) is 0 Å². The summed E-state index contributed by atoms with van der Waals surface area (Å²) in [6, 6.07) is 5.45. The maximum atomic E-state index is 12.4. The fourth-order valence-corrected chi connectivity index (χ4v) is 2.99. The highest BCUT2D eigenvalue weighted by Gasteiger charge is 2.24. The summed E-state index contributed by atoms with van der Waals surface area (Å²) in [5.41, 5.74) is 0.902. The van der Waals surface area contributed by atoms with E-state index in [9.17, 15) is 4.79 Å². The van der Waals surface area contributed by atoms with Crippen molar-refractivity contribution in [1.82, 2.24) is 0 Å². The Morgan fingerprint density at radius 2 is 2.00 bits per heavy atom. The van der Waals surface area contributed by atoms with Crippen LogP contribution >= 0.6 is 11.6 Å². The van der Waals surface area contributed by atoms with E-state index in [2.05, 4.69) is 6.92 Å². The van der Waals surface area contributed by atoms with Crippen molar-refractivity contribution in [2.45, 2.75) is 39.0 Å². The molecule has 19 heavy (non-hydrogen) atoms. The second kappa shape index (κ2) is 6.42. The van der Waals surface area contributed by atoms with Gasteiger partial charge in [-0.15, -0.1) is 0 Å². The first-order valence-electron chi connectivity index (χ1n) is 6.95. The van der Waals surface area contributed by atoms with E-state index in [0.717, 1.165) is 30.1 Å². The third kappa shape index (κ3) is 3.73. The summed E-state index contributed by atoms with van der Waals surface area (Å²) in [5.74, 6) is 2.07. The Bertz CT molecular complexity index is 448. The number of ketones is 1. The molecule has 1 fully saturated rings. The zero-order valence-corrected chi connectivity index (χ0v) is 12.4. The summed E-state index contributed by atoms with van der Waals surface area (Å²) in [6.45, 7) is 2.26. The van der Waals surface area contributed by atoms with Crippen LogP contribution in [0.4, 0.5) is 0 Å². The van der Waals surface area contributed by atoms with Crippen molar-refractivity contribution in [3.8, 4) is 5.75 Å². The summed E-state index contributed by atoms with van der Waals surface area (Å²) in [4.78, 5) is 12.4.